The highest BCUT2D eigenvalue weighted by Crippen LogP contribution is 2.31. The van der Waals surface area contributed by atoms with Gasteiger partial charge in [0, 0.05) is 29.8 Å². The van der Waals surface area contributed by atoms with E-state index in [1.54, 1.807) is 4.57 Å². The molecule has 0 aliphatic rings. The van der Waals surface area contributed by atoms with Gasteiger partial charge >= 0.3 is 0 Å². The number of nitrogens with two attached hydrogens (primary N) is 1. The Balaban J connectivity index is 2.15. The molecule has 2 N–H and O–H groups in total. The van der Waals surface area contributed by atoms with Gasteiger partial charge in [0.05, 0.1) is 5.39 Å². The summed E-state index contributed by atoms with van der Waals surface area (Å²) in [4.78, 5) is 29.7. The number of hydrogen-bond acceptors (Lipinski definition) is 4. The quantitative estimate of drug-likeness (QED) is 0.735. The second-order valence-electron chi connectivity index (χ2n) is 6.35. The topological polar surface area (TPSA) is 78.0 Å². The Morgan fingerprint density at radius 2 is 2.00 bits per heavy atom. The van der Waals surface area contributed by atoms with Gasteiger partial charge in [0.2, 0.25) is 5.91 Å². The van der Waals surface area contributed by atoms with Crippen LogP contribution in [0.2, 0.25) is 0 Å². The molecule has 6 heteroatoms. The maximum Gasteiger partial charge on any atom is 0.262 e. The van der Waals surface area contributed by atoms with E-state index in [-0.39, 0.29) is 23.8 Å². The Bertz CT molecular complexity index is 958. The molecule has 0 fully saturated rings. The van der Waals surface area contributed by atoms with Crippen molar-refractivity contribution in [3.05, 3.63) is 51.9 Å². The van der Waals surface area contributed by atoms with Crippen LogP contribution >= 0.6 is 11.3 Å². The first-order valence-corrected chi connectivity index (χ1v) is 9.22. The average Bonchev–Trinajstić information content (AvgIpc) is 3.01. The summed E-state index contributed by atoms with van der Waals surface area (Å²) in [7, 11) is 0. The van der Waals surface area contributed by atoms with Crippen LogP contribution in [0.4, 0.5) is 0 Å². The van der Waals surface area contributed by atoms with E-state index in [0.717, 1.165) is 21.8 Å². The van der Waals surface area contributed by atoms with Crippen molar-refractivity contribution in [3.8, 4) is 11.1 Å². The Morgan fingerprint density at radius 1 is 1.28 bits per heavy atom. The first-order valence-electron chi connectivity index (χ1n) is 8.34. The van der Waals surface area contributed by atoms with E-state index >= 15 is 0 Å². The summed E-state index contributed by atoms with van der Waals surface area (Å²) < 4.78 is 1.70. The van der Waals surface area contributed by atoms with Crippen LogP contribution in [0.15, 0.2) is 40.5 Å². The molecule has 0 spiro atoms. The second-order valence-corrected chi connectivity index (χ2v) is 7.21. The van der Waals surface area contributed by atoms with Crippen molar-refractivity contribution < 1.29 is 4.79 Å². The number of amides is 1. The minimum atomic E-state index is -0.353. The number of fused-ring (bicyclic) bond motifs is 1. The van der Waals surface area contributed by atoms with Gasteiger partial charge in [-0.1, -0.05) is 44.2 Å². The van der Waals surface area contributed by atoms with E-state index in [2.05, 4.69) is 0 Å². The fourth-order valence-electron chi connectivity index (χ4n) is 2.94. The molecule has 0 saturated heterocycles. The van der Waals surface area contributed by atoms with Gasteiger partial charge in [-0.2, -0.15) is 0 Å². The molecular formula is C19H21N3O2S. The van der Waals surface area contributed by atoms with Crippen molar-refractivity contribution in [3.63, 3.8) is 0 Å². The maximum atomic E-state index is 13.2. The molecule has 0 aliphatic carbocycles. The molecule has 0 atom stereocenters. The highest BCUT2D eigenvalue weighted by Gasteiger charge is 2.18. The zero-order valence-corrected chi connectivity index (χ0v) is 15.2. The molecule has 0 saturated carbocycles. The Hall–Kier alpha value is -2.47. The van der Waals surface area contributed by atoms with Gasteiger partial charge < -0.3 is 5.73 Å². The SMILES string of the molecule is CC(C)c1nc2scc(-c3ccccc3)c2c(=O)n1CCCC(N)=O. The number of carbonyl (C=O) groups is 1. The third kappa shape index (κ3) is 3.49. The zero-order chi connectivity index (χ0) is 18.0. The molecule has 0 bridgehead atoms. The fraction of sp³-hybridized carbons (Fsp3) is 0.316. The maximum absolute atomic E-state index is 13.2. The van der Waals surface area contributed by atoms with Crippen molar-refractivity contribution in [2.45, 2.75) is 39.2 Å². The molecule has 130 valence electrons. The largest absolute Gasteiger partial charge is 0.370 e. The summed E-state index contributed by atoms with van der Waals surface area (Å²) in [6.45, 7) is 4.48. The summed E-state index contributed by atoms with van der Waals surface area (Å²) in [6.07, 6.45) is 0.796. The normalized spacial score (nSPS) is 11.3. The molecule has 2 aromatic heterocycles. The number of aromatic nitrogens is 2. The van der Waals surface area contributed by atoms with Crippen LogP contribution in [0.25, 0.3) is 21.3 Å². The van der Waals surface area contributed by atoms with Crippen LogP contribution in [-0.4, -0.2) is 15.5 Å². The van der Waals surface area contributed by atoms with Crippen LogP contribution < -0.4 is 11.3 Å². The predicted molar refractivity (Wildman–Crippen MR) is 102 cm³/mol. The minimum absolute atomic E-state index is 0.0433. The molecule has 5 nitrogen and oxygen atoms in total. The fourth-order valence-corrected chi connectivity index (χ4v) is 3.88. The smallest absolute Gasteiger partial charge is 0.262 e. The van der Waals surface area contributed by atoms with E-state index in [9.17, 15) is 9.59 Å². The first-order chi connectivity index (χ1) is 12.0. The van der Waals surface area contributed by atoms with Crippen molar-refractivity contribution in [2.24, 2.45) is 5.73 Å². The van der Waals surface area contributed by atoms with E-state index in [1.165, 1.54) is 11.3 Å². The highest BCUT2D eigenvalue weighted by atomic mass is 32.1. The average molecular weight is 355 g/mol. The lowest BCUT2D eigenvalue weighted by Crippen LogP contribution is -2.26. The number of rotatable bonds is 6. The number of hydrogen-bond donors (Lipinski definition) is 1. The Kier molecular flexibility index (Phi) is 4.99. The van der Waals surface area contributed by atoms with Crippen molar-refractivity contribution in [1.29, 1.82) is 0 Å². The minimum Gasteiger partial charge on any atom is -0.370 e. The van der Waals surface area contributed by atoms with Gasteiger partial charge in [-0.25, -0.2) is 4.98 Å². The van der Waals surface area contributed by atoms with E-state index < -0.39 is 0 Å². The molecule has 2 heterocycles. The molecule has 25 heavy (non-hydrogen) atoms. The van der Waals surface area contributed by atoms with Crippen molar-refractivity contribution in [1.82, 2.24) is 9.55 Å². The third-order valence-corrected chi connectivity index (χ3v) is 5.00. The molecule has 0 unspecified atom stereocenters. The first kappa shape index (κ1) is 17.4. The van der Waals surface area contributed by atoms with Gasteiger partial charge in [0.25, 0.3) is 5.56 Å². The summed E-state index contributed by atoms with van der Waals surface area (Å²) in [6, 6.07) is 9.86. The van der Waals surface area contributed by atoms with Crippen molar-refractivity contribution in [2.75, 3.05) is 0 Å². The second kappa shape index (κ2) is 7.19. The number of primary amides is 1. The molecule has 1 aromatic carbocycles. The summed E-state index contributed by atoms with van der Waals surface area (Å²) in [5.41, 5.74) is 7.11. The van der Waals surface area contributed by atoms with Crippen molar-refractivity contribution >= 4 is 27.5 Å². The number of nitrogens with zero attached hydrogens (tertiary/aromatic N) is 2. The van der Waals surface area contributed by atoms with Gasteiger partial charge in [-0.15, -0.1) is 11.3 Å². The molecule has 1 amide bonds. The summed E-state index contributed by atoms with van der Waals surface area (Å²) in [5, 5.41) is 2.64. The highest BCUT2D eigenvalue weighted by molar-refractivity contribution is 7.17. The molecule has 3 rings (SSSR count). The zero-order valence-electron chi connectivity index (χ0n) is 14.4. The van der Waals surface area contributed by atoms with Gasteiger partial charge in [-0.3, -0.25) is 14.2 Å². The lowest BCUT2D eigenvalue weighted by atomic mass is 10.1. The van der Waals surface area contributed by atoms with Crippen LogP contribution in [-0.2, 0) is 11.3 Å². The summed E-state index contributed by atoms with van der Waals surface area (Å²) in [5.74, 6) is 0.519. The van der Waals surface area contributed by atoms with E-state index in [0.29, 0.717) is 18.4 Å². The van der Waals surface area contributed by atoms with Gasteiger partial charge in [0.15, 0.2) is 0 Å². The lowest BCUT2D eigenvalue weighted by Gasteiger charge is -2.15. The molecular weight excluding hydrogens is 334 g/mol. The molecule has 3 aromatic rings. The monoisotopic (exact) mass is 355 g/mol. The predicted octanol–water partition coefficient (Wildman–Crippen LogP) is 3.51. The van der Waals surface area contributed by atoms with Crippen LogP contribution in [0, 0.1) is 0 Å². The van der Waals surface area contributed by atoms with Crippen LogP contribution in [0.3, 0.4) is 0 Å². The number of benzene rings is 1. The standard InChI is InChI=1S/C19H21N3O2S/c1-12(2)17-21-18-16(19(24)22(17)10-6-9-15(20)23)14(11-25-18)13-7-4-3-5-8-13/h3-5,7-8,11-12H,6,9-10H2,1-2H3,(H2,20,23). The van der Waals surface area contributed by atoms with Gasteiger partial charge in [-0.05, 0) is 12.0 Å². The number of carbonyl (C=O) groups excluding carboxylic acids is 1. The van der Waals surface area contributed by atoms with E-state index in [4.69, 9.17) is 10.7 Å². The number of thiophene rings is 1. The third-order valence-electron chi connectivity index (χ3n) is 4.13. The summed E-state index contributed by atoms with van der Waals surface area (Å²) >= 11 is 1.49. The Morgan fingerprint density at radius 3 is 2.64 bits per heavy atom. The lowest BCUT2D eigenvalue weighted by molar-refractivity contribution is -0.118. The Labute approximate surface area is 150 Å². The molecule has 0 aliphatic heterocycles. The van der Waals surface area contributed by atoms with E-state index in [1.807, 2.05) is 49.6 Å². The van der Waals surface area contributed by atoms with Crippen LogP contribution in [0.5, 0.6) is 0 Å². The van der Waals surface area contributed by atoms with Crippen LogP contribution in [0.1, 0.15) is 38.4 Å². The molecule has 0 radical (unpaired) electrons. The van der Waals surface area contributed by atoms with Gasteiger partial charge in [0.1, 0.15) is 10.7 Å².